The van der Waals surface area contributed by atoms with Gasteiger partial charge < -0.3 is 10.6 Å². The molecule has 1 amide bonds. The largest absolute Gasteiger partial charge is 0.315 e. The van der Waals surface area contributed by atoms with Crippen LogP contribution in [0.2, 0.25) is 5.02 Å². The van der Waals surface area contributed by atoms with E-state index in [4.69, 9.17) is 11.6 Å². The van der Waals surface area contributed by atoms with Crippen molar-refractivity contribution in [1.82, 2.24) is 5.32 Å². The lowest BCUT2D eigenvalue weighted by Gasteiger charge is -2.21. The van der Waals surface area contributed by atoms with Gasteiger partial charge in [-0.3, -0.25) is 4.79 Å². The maximum absolute atomic E-state index is 12.2. The Kier molecular flexibility index (Phi) is 8.19. The first-order valence-electron chi connectivity index (χ1n) is 11.6. The molecule has 1 aliphatic rings. The number of halogens is 1. The molecule has 2 N–H and O–H groups in total. The quantitative estimate of drug-likeness (QED) is 0.407. The summed E-state index contributed by atoms with van der Waals surface area (Å²) in [6.07, 6.45) is 6.85. The number of carbonyl (C=O) groups excluding carboxylic acids is 1. The van der Waals surface area contributed by atoms with Gasteiger partial charge in [0.1, 0.15) is 0 Å². The van der Waals surface area contributed by atoms with Crippen LogP contribution in [0.1, 0.15) is 43.2 Å². The van der Waals surface area contributed by atoms with Crippen LogP contribution in [0, 0.1) is 17.8 Å². The van der Waals surface area contributed by atoms with E-state index in [1.54, 1.807) is 0 Å². The van der Waals surface area contributed by atoms with Crippen LogP contribution < -0.4 is 10.6 Å². The summed E-state index contributed by atoms with van der Waals surface area (Å²) < 4.78 is 0. The number of rotatable bonds is 6. The molecule has 0 saturated heterocycles. The van der Waals surface area contributed by atoms with E-state index in [1.165, 1.54) is 37.7 Å². The predicted molar refractivity (Wildman–Crippen MR) is 137 cm³/mol. The van der Waals surface area contributed by atoms with E-state index in [9.17, 15) is 4.79 Å². The first-order chi connectivity index (χ1) is 16.2. The van der Waals surface area contributed by atoms with Crippen molar-refractivity contribution >= 4 is 23.2 Å². The first kappa shape index (κ1) is 23.1. The molecule has 4 rings (SSSR count). The van der Waals surface area contributed by atoms with Gasteiger partial charge >= 0.3 is 5.91 Å². The molecule has 0 unspecified atom stereocenters. The van der Waals surface area contributed by atoms with Gasteiger partial charge in [-0.2, -0.15) is 0 Å². The van der Waals surface area contributed by atoms with Gasteiger partial charge in [0, 0.05) is 28.7 Å². The molecule has 0 spiro atoms. The van der Waals surface area contributed by atoms with Crippen molar-refractivity contribution in [1.29, 1.82) is 0 Å². The third kappa shape index (κ3) is 7.22. The second-order valence-electron chi connectivity index (χ2n) is 8.62. The van der Waals surface area contributed by atoms with Crippen molar-refractivity contribution in [3.63, 3.8) is 0 Å². The molecule has 1 fully saturated rings. The molecular weight excluding hydrogens is 428 g/mol. The molecule has 0 aliphatic heterocycles. The zero-order valence-corrected chi connectivity index (χ0v) is 19.5. The Morgan fingerprint density at radius 2 is 1.48 bits per heavy atom. The highest BCUT2D eigenvalue weighted by Gasteiger charge is 2.12. The van der Waals surface area contributed by atoms with Gasteiger partial charge in [0.2, 0.25) is 0 Å². The lowest BCUT2D eigenvalue weighted by Crippen LogP contribution is -2.24. The fraction of sp³-hybridized carbons (Fsp3) is 0.276. The Hall–Kier alpha value is -3.06. The Labute approximate surface area is 201 Å². The van der Waals surface area contributed by atoms with Crippen LogP contribution in [0.3, 0.4) is 0 Å². The van der Waals surface area contributed by atoms with Crippen molar-refractivity contribution in [3.05, 3.63) is 88.9 Å². The summed E-state index contributed by atoms with van der Waals surface area (Å²) in [7, 11) is 0. The SMILES string of the molecule is O=C(C#Cc1ccc(-c2ccc(Cl)cc2)cc1)Nc1ccc(CNCC2CCCCC2)cc1. The van der Waals surface area contributed by atoms with Gasteiger partial charge in [0.15, 0.2) is 0 Å². The van der Waals surface area contributed by atoms with E-state index in [0.717, 1.165) is 41.4 Å². The van der Waals surface area contributed by atoms with Crippen LogP contribution in [0.25, 0.3) is 11.1 Å². The third-order valence-corrected chi connectivity index (χ3v) is 6.33. The molecule has 3 nitrogen and oxygen atoms in total. The van der Waals surface area contributed by atoms with Gasteiger partial charge in [-0.05, 0) is 78.4 Å². The highest BCUT2D eigenvalue weighted by Crippen LogP contribution is 2.23. The molecule has 0 atom stereocenters. The number of carbonyl (C=O) groups is 1. The van der Waals surface area contributed by atoms with Crippen LogP contribution in [0.15, 0.2) is 72.8 Å². The van der Waals surface area contributed by atoms with Crippen LogP contribution in [0.5, 0.6) is 0 Å². The molecule has 1 saturated carbocycles. The average Bonchev–Trinajstić information content (AvgIpc) is 2.85. The van der Waals surface area contributed by atoms with Gasteiger partial charge in [-0.1, -0.05) is 73.2 Å². The molecule has 33 heavy (non-hydrogen) atoms. The first-order valence-corrected chi connectivity index (χ1v) is 12.0. The smallest absolute Gasteiger partial charge is 0.300 e. The van der Waals surface area contributed by atoms with Crippen molar-refractivity contribution in [2.45, 2.75) is 38.6 Å². The monoisotopic (exact) mass is 456 g/mol. The highest BCUT2D eigenvalue weighted by atomic mass is 35.5. The summed E-state index contributed by atoms with van der Waals surface area (Å²) >= 11 is 5.95. The van der Waals surface area contributed by atoms with E-state index < -0.39 is 0 Å². The van der Waals surface area contributed by atoms with Crippen molar-refractivity contribution in [2.75, 3.05) is 11.9 Å². The highest BCUT2D eigenvalue weighted by molar-refractivity contribution is 6.30. The minimum Gasteiger partial charge on any atom is -0.315 e. The summed E-state index contributed by atoms with van der Waals surface area (Å²) in [6, 6.07) is 23.5. The normalized spacial score (nSPS) is 13.7. The molecular formula is C29H29ClN2O. The molecule has 168 valence electrons. The average molecular weight is 457 g/mol. The number of amides is 1. The van der Waals surface area contributed by atoms with Crippen LogP contribution in [0.4, 0.5) is 5.69 Å². The molecule has 3 aromatic rings. The number of hydrogen-bond donors (Lipinski definition) is 2. The van der Waals surface area contributed by atoms with E-state index in [-0.39, 0.29) is 5.91 Å². The molecule has 0 bridgehead atoms. The molecule has 1 aliphatic carbocycles. The van der Waals surface area contributed by atoms with E-state index in [1.807, 2.05) is 72.8 Å². The standard InChI is InChI=1S/C29H29ClN2O/c30-27-15-13-26(14-16-27)25-11-6-22(7-12-25)10-19-29(33)32-28-17-8-24(9-18-28)21-31-20-23-4-2-1-3-5-23/h6-9,11-18,23,31H,1-5,20-21H2,(H,32,33). The zero-order chi connectivity index (χ0) is 22.9. The Morgan fingerprint density at radius 1 is 0.848 bits per heavy atom. The lowest BCUT2D eigenvalue weighted by molar-refractivity contribution is -0.111. The molecule has 3 aromatic carbocycles. The van der Waals surface area contributed by atoms with E-state index in [2.05, 4.69) is 22.5 Å². The Bertz CT molecular complexity index is 1100. The number of nitrogens with one attached hydrogen (secondary N) is 2. The maximum Gasteiger partial charge on any atom is 0.300 e. The molecule has 0 heterocycles. The van der Waals surface area contributed by atoms with Gasteiger partial charge in [-0.15, -0.1) is 0 Å². The fourth-order valence-corrected chi connectivity index (χ4v) is 4.32. The van der Waals surface area contributed by atoms with E-state index >= 15 is 0 Å². The van der Waals surface area contributed by atoms with Crippen LogP contribution in [-0.4, -0.2) is 12.5 Å². The maximum atomic E-state index is 12.2. The van der Waals surface area contributed by atoms with Gasteiger partial charge in [-0.25, -0.2) is 0 Å². The second kappa shape index (κ2) is 11.7. The molecule has 0 radical (unpaired) electrons. The number of hydrogen-bond acceptors (Lipinski definition) is 2. The van der Waals surface area contributed by atoms with Crippen molar-refractivity contribution in [3.8, 4) is 23.0 Å². The number of benzene rings is 3. The molecule has 0 aromatic heterocycles. The topological polar surface area (TPSA) is 41.1 Å². The third-order valence-electron chi connectivity index (χ3n) is 6.08. The van der Waals surface area contributed by atoms with Crippen molar-refractivity contribution < 1.29 is 4.79 Å². The van der Waals surface area contributed by atoms with Gasteiger partial charge in [0.25, 0.3) is 0 Å². The second-order valence-corrected chi connectivity index (χ2v) is 9.06. The van der Waals surface area contributed by atoms with Crippen molar-refractivity contribution in [2.24, 2.45) is 5.92 Å². The minimum absolute atomic E-state index is 0.319. The molecule has 4 heteroatoms. The van der Waals surface area contributed by atoms with E-state index in [0.29, 0.717) is 5.02 Å². The summed E-state index contributed by atoms with van der Waals surface area (Å²) in [6.45, 7) is 1.95. The van der Waals surface area contributed by atoms with Crippen LogP contribution in [-0.2, 0) is 11.3 Å². The fourth-order valence-electron chi connectivity index (χ4n) is 4.20. The zero-order valence-electron chi connectivity index (χ0n) is 18.7. The number of anilines is 1. The summed E-state index contributed by atoms with van der Waals surface area (Å²) in [5, 5.41) is 7.13. The minimum atomic E-state index is -0.319. The van der Waals surface area contributed by atoms with Gasteiger partial charge in [0.05, 0.1) is 0 Å². The summed E-state index contributed by atoms with van der Waals surface area (Å²) in [5.41, 5.74) is 4.93. The Morgan fingerprint density at radius 3 is 2.15 bits per heavy atom. The summed E-state index contributed by atoms with van der Waals surface area (Å²) in [4.78, 5) is 12.2. The lowest BCUT2D eigenvalue weighted by atomic mass is 9.89. The Balaban J connectivity index is 1.25. The summed E-state index contributed by atoms with van der Waals surface area (Å²) in [5.74, 6) is 6.10. The predicted octanol–water partition coefficient (Wildman–Crippen LogP) is 6.67. The van der Waals surface area contributed by atoms with Crippen LogP contribution >= 0.6 is 11.6 Å².